The number of alkyl halides is 1. The normalized spacial score (nSPS) is 14.4. The third-order valence-electron chi connectivity index (χ3n) is 4.50. The molecule has 0 saturated heterocycles. The van der Waals surface area contributed by atoms with E-state index in [-0.39, 0.29) is 24.8 Å². The van der Waals surface area contributed by atoms with Crippen LogP contribution in [0.25, 0.3) is 5.69 Å². The molecule has 1 aromatic heterocycles. The summed E-state index contributed by atoms with van der Waals surface area (Å²) in [7, 11) is 1.60. The number of esters is 1. The summed E-state index contributed by atoms with van der Waals surface area (Å²) < 4.78 is 12.1. The second-order valence-electron chi connectivity index (χ2n) is 6.23. The molecule has 2 heterocycles. The van der Waals surface area contributed by atoms with Crippen LogP contribution < -0.4 is 4.74 Å². The summed E-state index contributed by atoms with van der Waals surface area (Å²) in [6.45, 7) is 4.45. The van der Waals surface area contributed by atoms with Gasteiger partial charge in [0.25, 0.3) is 0 Å². The number of hydrogen-bond acceptors (Lipinski definition) is 5. The van der Waals surface area contributed by atoms with Crippen LogP contribution in [0.1, 0.15) is 35.6 Å². The summed E-state index contributed by atoms with van der Waals surface area (Å²) in [4.78, 5) is 26.4. The Morgan fingerprint density at radius 1 is 1.30 bits per heavy atom. The molecule has 144 valence electrons. The highest BCUT2D eigenvalue weighted by Gasteiger charge is 2.32. The van der Waals surface area contributed by atoms with Gasteiger partial charge in [0.1, 0.15) is 11.1 Å². The Morgan fingerprint density at radius 2 is 2.00 bits per heavy atom. The van der Waals surface area contributed by atoms with Gasteiger partial charge < -0.3 is 14.4 Å². The van der Waals surface area contributed by atoms with Gasteiger partial charge in [-0.3, -0.25) is 4.79 Å². The monoisotopic (exact) mass is 391 g/mol. The molecule has 0 fully saturated rings. The average molecular weight is 392 g/mol. The van der Waals surface area contributed by atoms with Gasteiger partial charge in [-0.2, -0.15) is 5.10 Å². The van der Waals surface area contributed by atoms with Crippen LogP contribution in [-0.2, 0) is 22.5 Å². The first-order chi connectivity index (χ1) is 13.0. The van der Waals surface area contributed by atoms with Crippen LogP contribution in [0, 0.1) is 0 Å². The summed E-state index contributed by atoms with van der Waals surface area (Å²) in [6, 6.07) is 7.42. The van der Waals surface area contributed by atoms with Crippen molar-refractivity contribution in [3.8, 4) is 11.4 Å². The minimum Gasteiger partial charge on any atom is -0.497 e. The van der Waals surface area contributed by atoms with Crippen molar-refractivity contribution in [2.45, 2.75) is 32.2 Å². The van der Waals surface area contributed by atoms with Crippen LogP contribution >= 0.6 is 11.6 Å². The first kappa shape index (κ1) is 19.2. The molecule has 27 heavy (non-hydrogen) atoms. The first-order valence-corrected chi connectivity index (χ1v) is 9.25. The van der Waals surface area contributed by atoms with Crippen LogP contribution in [0.15, 0.2) is 24.3 Å². The van der Waals surface area contributed by atoms with Crippen molar-refractivity contribution >= 4 is 23.5 Å². The number of hydrogen-bond donors (Lipinski definition) is 0. The fourth-order valence-corrected chi connectivity index (χ4v) is 3.30. The van der Waals surface area contributed by atoms with Crippen LogP contribution in [-0.4, -0.2) is 52.2 Å². The lowest BCUT2D eigenvalue weighted by molar-refractivity contribution is -0.131. The van der Waals surface area contributed by atoms with Crippen LogP contribution in [0.3, 0.4) is 0 Å². The molecule has 0 spiro atoms. The number of carbonyl (C=O) groups excluding carboxylic acids is 2. The molecule has 0 aliphatic carbocycles. The van der Waals surface area contributed by atoms with Gasteiger partial charge in [0.05, 0.1) is 25.1 Å². The van der Waals surface area contributed by atoms with E-state index in [0.29, 0.717) is 18.5 Å². The number of methoxy groups -OCH3 is 1. The lowest BCUT2D eigenvalue weighted by atomic mass is 10.0. The molecule has 1 aliphatic heterocycles. The zero-order valence-electron chi connectivity index (χ0n) is 15.6. The molecule has 2 aromatic rings. The largest absolute Gasteiger partial charge is 0.497 e. The maximum Gasteiger partial charge on any atom is 0.359 e. The van der Waals surface area contributed by atoms with Gasteiger partial charge in [-0.05, 0) is 38.1 Å². The molecule has 0 N–H and O–H groups in total. The standard InChI is InChI=1S/C19H22ClN3O4/c1-4-27-19(25)17-15-11-22(18(24)12(2)20)10-9-16(15)23(21-17)13-5-7-14(26-3)8-6-13/h5-8,12H,4,9-11H2,1-3H3. The van der Waals surface area contributed by atoms with Gasteiger partial charge >= 0.3 is 5.97 Å². The highest BCUT2D eigenvalue weighted by atomic mass is 35.5. The van der Waals surface area contributed by atoms with E-state index in [1.807, 2.05) is 24.3 Å². The van der Waals surface area contributed by atoms with Gasteiger partial charge in [-0.25, -0.2) is 9.48 Å². The third kappa shape index (κ3) is 3.78. The number of carbonyl (C=O) groups is 2. The number of rotatable bonds is 5. The number of halogens is 1. The fourth-order valence-electron chi connectivity index (χ4n) is 3.16. The molecule has 8 heteroatoms. The second kappa shape index (κ2) is 8.00. The molecule has 7 nitrogen and oxygen atoms in total. The van der Waals surface area contributed by atoms with Gasteiger partial charge in [-0.15, -0.1) is 11.6 Å². The minimum absolute atomic E-state index is 0.158. The quantitative estimate of drug-likeness (QED) is 0.578. The molecular formula is C19H22ClN3O4. The Kier molecular flexibility index (Phi) is 5.70. The van der Waals surface area contributed by atoms with Crippen molar-refractivity contribution in [3.05, 3.63) is 41.2 Å². The van der Waals surface area contributed by atoms with Crippen LogP contribution in [0.5, 0.6) is 5.75 Å². The van der Waals surface area contributed by atoms with Crippen molar-refractivity contribution in [2.75, 3.05) is 20.3 Å². The van der Waals surface area contributed by atoms with Crippen molar-refractivity contribution in [1.29, 1.82) is 0 Å². The number of ether oxygens (including phenoxy) is 2. The van der Waals surface area contributed by atoms with Crippen molar-refractivity contribution in [3.63, 3.8) is 0 Å². The van der Waals surface area contributed by atoms with Crippen molar-refractivity contribution in [1.82, 2.24) is 14.7 Å². The number of nitrogens with zero attached hydrogens (tertiary/aromatic N) is 3. The average Bonchev–Trinajstić information content (AvgIpc) is 3.06. The van der Waals surface area contributed by atoms with E-state index in [0.717, 1.165) is 17.1 Å². The molecule has 0 bridgehead atoms. The van der Waals surface area contributed by atoms with Crippen LogP contribution in [0.4, 0.5) is 0 Å². The highest BCUT2D eigenvalue weighted by molar-refractivity contribution is 6.30. The molecule has 1 atom stereocenters. The Labute approximate surface area is 162 Å². The SMILES string of the molecule is CCOC(=O)c1nn(-c2ccc(OC)cc2)c2c1CN(C(=O)C(C)Cl)CC2. The topological polar surface area (TPSA) is 73.7 Å². The van der Waals surface area contributed by atoms with E-state index < -0.39 is 11.3 Å². The zero-order chi connectivity index (χ0) is 19.6. The van der Waals surface area contributed by atoms with Crippen molar-refractivity contribution < 1.29 is 19.1 Å². The zero-order valence-corrected chi connectivity index (χ0v) is 16.3. The molecule has 0 saturated carbocycles. The number of fused-ring (bicyclic) bond motifs is 1. The summed E-state index contributed by atoms with van der Waals surface area (Å²) in [5.74, 6) is 0.0850. The molecular weight excluding hydrogens is 370 g/mol. The Hall–Kier alpha value is -2.54. The fraction of sp³-hybridized carbons (Fsp3) is 0.421. The van der Waals surface area contributed by atoms with Crippen molar-refractivity contribution in [2.24, 2.45) is 0 Å². The molecule has 1 aliphatic rings. The van der Waals surface area contributed by atoms with Crippen LogP contribution in [0.2, 0.25) is 0 Å². The lowest BCUT2D eigenvalue weighted by Gasteiger charge is -2.28. The van der Waals surface area contributed by atoms with Gasteiger partial charge in [0.15, 0.2) is 5.69 Å². The van der Waals surface area contributed by atoms with E-state index in [4.69, 9.17) is 21.1 Å². The number of benzene rings is 1. The first-order valence-electron chi connectivity index (χ1n) is 8.81. The molecule has 1 unspecified atom stereocenters. The predicted octanol–water partition coefficient (Wildman–Crippen LogP) is 2.57. The lowest BCUT2D eigenvalue weighted by Crippen LogP contribution is -2.40. The van der Waals surface area contributed by atoms with E-state index in [2.05, 4.69) is 5.10 Å². The summed E-state index contributed by atoms with van der Waals surface area (Å²) in [5, 5.41) is 3.89. The summed E-state index contributed by atoms with van der Waals surface area (Å²) in [6.07, 6.45) is 0.573. The second-order valence-corrected chi connectivity index (χ2v) is 6.88. The van der Waals surface area contributed by atoms with Gasteiger partial charge in [0, 0.05) is 25.1 Å². The van der Waals surface area contributed by atoms with Gasteiger partial charge in [-0.1, -0.05) is 0 Å². The third-order valence-corrected chi connectivity index (χ3v) is 4.68. The molecule has 3 rings (SSSR count). The van der Waals surface area contributed by atoms with E-state index in [9.17, 15) is 9.59 Å². The highest BCUT2D eigenvalue weighted by Crippen LogP contribution is 2.27. The number of aromatic nitrogens is 2. The summed E-state index contributed by atoms with van der Waals surface area (Å²) in [5.41, 5.74) is 2.66. The van der Waals surface area contributed by atoms with E-state index in [1.165, 1.54) is 0 Å². The smallest absolute Gasteiger partial charge is 0.359 e. The van der Waals surface area contributed by atoms with E-state index in [1.54, 1.807) is 30.5 Å². The maximum absolute atomic E-state index is 12.4. The van der Waals surface area contributed by atoms with E-state index >= 15 is 0 Å². The Bertz CT molecular complexity index is 845. The minimum atomic E-state index is -0.616. The molecule has 1 aromatic carbocycles. The summed E-state index contributed by atoms with van der Waals surface area (Å²) >= 11 is 5.95. The Balaban J connectivity index is 2.03. The predicted molar refractivity (Wildman–Crippen MR) is 101 cm³/mol. The maximum atomic E-state index is 12.4. The Morgan fingerprint density at radius 3 is 2.59 bits per heavy atom. The molecule has 0 radical (unpaired) electrons. The number of amides is 1. The van der Waals surface area contributed by atoms with Gasteiger partial charge in [0.2, 0.25) is 5.91 Å². The molecule has 1 amide bonds.